The van der Waals surface area contributed by atoms with Crippen molar-refractivity contribution in [3.8, 4) is 0 Å². The van der Waals surface area contributed by atoms with Crippen molar-refractivity contribution in [1.29, 1.82) is 0 Å². The van der Waals surface area contributed by atoms with E-state index in [1.165, 1.54) is 17.2 Å². The first-order valence-corrected chi connectivity index (χ1v) is 10.5. The predicted octanol–water partition coefficient (Wildman–Crippen LogP) is -0.596. The number of rotatable bonds is 4. The minimum atomic E-state index is -2.11. The number of nitro benzene ring substituents is 1. The summed E-state index contributed by atoms with van der Waals surface area (Å²) in [6, 6.07) is 1.91. The van der Waals surface area contributed by atoms with Crippen LogP contribution >= 0.6 is 0 Å². The number of carbonyl (C=O) groups is 6. The second-order valence-electron chi connectivity index (χ2n) is 8.40. The molecule has 2 saturated heterocycles. The number of fused-ring (bicyclic) bond motifs is 3. The van der Waals surface area contributed by atoms with Crippen molar-refractivity contribution in [3.05, 3.63) is 62.9 Å². The number of benzene rings is 1. The molecule has 14 nitrogen and oxygen atoms in total. The second-order valence-corrected chi connectivity index (χ2v) is 8.40. The lowest BCUT2D eigenvalue weighted by molar-refractivity contribution is -0.384. The molecule has 0 bridgehead atoms. The number of methoxy groups -OCH3 is 2. The number of imide groups is 2. The van der Waals surface area contributed by atoms with Crippen molar-refractivity contribution in [2.45, 2.75) is 18.6 Å². The van der Waals surface area contributed by atoms with Gasteiger partial charge in [0.25, 0.3) is 29.3 Å². The Balaban J connectivity index is 1.67. The zero-order valence-corrected chi connectivity index (χ0v) is 18.7. The molecule has 4 heterocycles. The van der Waals surface area contributed by atoms with E-state index in [4.69, 9.17) is 9.47 Å². The van der Waals surface area contributed by atoms with Crippen molar-refractivity contribution in [3.63, 3.8) is 0 Å². The molecule has 0 aliphatic carbocycles. The summed E-state index contributed by atoms with van der Waals surface area (Å²) in [6.07, 6.45) is 0.624. The van der Waals surface area contributed by atoms with Crippen LogP contribution in [0.25, 0.3) is 0 Å². The lowest BCUT2D eigenvalue weighted by atomic mass is 9.78. The van der Waals surface area contributed by atoms with Gasteiger partial charge in [0.1, 0.15) is 6.17 Å². The van der Waals surface area contributed by atoms with Gasteiger partial charge in [0.05, 0.1) is 47.5 Å². The summed E-state index contributed by atoms with van der Waals surface area (Å²) < 4.78 is 9.78. The van der Waals surface area contributed by atoms with Gasteiger partial charge < -0.3 is 14.4 Å². The molecule has 184 valence electrons. The van der Waals surface area contributed by atoms with Gasteiger partial charge >= 0.3 is 11.9 Å². The minimum Gasteiger partial charge on any atom is -0.468 e. The average Bonchev–Trinajstić information content (AvgIpc) is 3.44. The third-order valence-electron chi connectivity index (χ3n) is 6.79. The van der Waals surface area contributed by atoms with Crippen LogP contribution in [-0.2, 0) is 28.7 Å². The summed E-state index contributed by atoms with van der Waals surface area (Å²) in [6.45, 7) is 0. The predicted molar refractivity (Wildman–Crippen MR) is 113 cm³/mol. The van der Waals surface area contributed by atoms with Gasteiger partial charge in [-0.3, -0.25) is 49.1 Å². The third kappa shape index (κ3) is 2.77. The number of amides is 4. The van der Waals surface area contributed by atoms with Gasteiger partial charge in [-0.05, 0) is 12.1 Å². The SMILES string of the molecule is COC(=O)C1(C(=O)OC)C[C@@H](N2C(=O)c3ccc([N+](=O)[O-])cc3C2=O)N2C=C3C(=O)NC(=O)C3=C[C@@H]21. The standard InChI is InChI=1S/C22H16N4O10/c1-35-20(31)22(21(32)36-2)7-15(24-8-13-11(6-14(22)24)16(27)23-17(13)28)25-18(29)10-4-3-9(26(33)34)5-12(10)19(25)30/h3-6,8,14-15H,7H2,1-2H3,(H,23,27,28)/t14-,15-/m1/s1. The fourth-order valence-corrected chi connectivity index (χ4v) is 5.14. The number of esters is 2. The van der Waals surface area contributed by atoms with Gasteiger partial charge in [-0.1, -0.05) is 0 Å². The maximum absolute atomic E-state index is 13.3. The first kappa shape index (κ1) is 22.9. The highest BCUT2D eigenvalue weighted by Crippen LogP contribution is 2.49. The third-order valence-corrected chi connectivity index (χ3v) is 6.79. The lowest BCUT2D eigenvalue weighted by Crippen LogP contribution is -2.51. The van der Waals surface area contributed by atoms with Crippen LogP contribution in [0.1, 0.15) is 27.1 Å². The van der Waals surface area contributed by atoms with E-state index in [1.807, 2.05) is 0 Å². The first-order chi connectivity index (χ1) is 17.1. The number of nitro groups is 1. The normalized spacial score (nSPS) is 23.4. The Labute approximate surface area is 201 Å². The fraction of sp³-hybridized carbons (Fsp3) is 0.273. The van der Waals surface area contributed by atoms with Gasteiger partial charge in [-0.2, -0.15) is 0 Å². The van der Waals surface area contributed by atoms with Crippen molar-refractivity contribution in [2.24, 2.45) is 5.41 Å². The Kier molecular flexibility index (Phi) is 4.81. The molecule has 1 N–H and O–H groups in total. The molecule has 4 amide bonds. The molecule has 36 heavy (non-hydrogen) atoms. The number of hydrogen-bond acceptors (Lipinski definition) is 11. The number of nitrogens with one attached hydrogen (secondary N) is 1. The highest BCUT2D eigenvalue weighted by molar-refractivity contribution is 6.25. The van der Waals surface area contributed by atoms with Crippen molar-refractivity contribution in [1.82, 2.24) is 15.1 Å². The topological polar surface area (TPSA) is 183 Å². The number of hydrogen-bond donors (Lipinski definition) is 1. The Hall–Kier alpha value is -4.88. The maximum atomic E-state index is 13.3. The lowest BCUT2D eigenvalue weighted by Gasteiger charge is -2.36. The van der Waals surface area contributed by atoms with Crippen LogP contribution in [0.2, 0.25) is 0 Å². The molecular weight excluding hydrogens is 480 g/mol. The molecule has 1 aromatic rings. The molecule has 5 rings (SSSR count). The van der Waals surface area contributed by atoms with Gasteiger partial charge in [-0.25, -0.2) is 0 Å². The van der Waals surface area contributed by atoms with Gasteiger partial charge in [0.15, 0.2) is 5.41 Å². The second kappa shape index (κ2) is 7.56. The van der Waals surface area contributed by atoms with E-state index in [1.54, 1.807) is 0 Å². The van der Waals surface area contributed by atoms with Crippen LogP contribution < -0.4 is 5.32 Å². The summed E-state index contributed by atoms with van der Waals surface area (Å²) >= 11 is 0. The Morgan fingerprint density at radius 1 is 1.03 bits per heavy atom. The first-order valence-electron chi connectivity index (χ1n) is 10.5. The molecule has 0 spiro atoms. The summed E-state index contributed by atoms with van der Waals surface area (Å²) in [5.74, 6) is -5.29. The number of ether oxygens (including phenoxy) is 2. The zero-order valence-electron chi connectivity index (χ0n) is 18.7. The maximum Gasteiger partial charge on any atom is 0.325 e. The van der Waals surface area contributed by atoms with E-state index in [-0.39, 0.29) is 22.3 Å². The largest absolute Gasteiger partial charge is 0.468 e. The summed E-state index contributed by atoms with van der Waals surface area (Å²) in [4.78, 5) is 89.9. The molecule has 0 aromatic heterocycles. The smallest absolute Gasteiger partial charge is 0.325 e. The summed E-state index contributed by atoms with van der Waals surface area (Å²) in [5, 5.41) is 13.3. The summed E-state index contributed by atoms with van der Waals surface area (Å²) in [7, 11) is 2.07. The molecular formula is C22H16N4O10. The van der Waals surface area contributed by atoms with Crippen LogP contribution in [0.5, 0.6) is 0 Å². The molecule has 4 aliphatic rings. The van der Waals surface area contributed by atoms with E-state index >= 15 is 0 Å². The molecule has 0 unspecified atom stereocenters. The molecule has 1 aromatic carbocycles. The zero-order chi connectivity index (χ0) is 26.1. The van der Waals surface area contributed by atoms with Crippen LogP contribution in [0, 0.1) is 15.5 Å². The summed E-state index contributed by atoms with van der Waals surface area (Å²) in [5.41, 5.74) is -3.03. The van der Waals surface area contributed by atoms with Gasteiger partial charge in [-0.15, -0.1) is 0 Å². The van der Waals surface area contributed by atoms with Crippen molar-refractivity contribution >= 4 is 41.3 Å². The number of nitrogens with zero attached hydrogens (tertiary/aromatic N) is 3. The fourth-order valence-electron chi connectivity index (χ4n) is 5.14. The molecule has 2 atom stereocenters. The molecule has 14 heteroatoms. The van der Waals surface area contributed by atoms with E-state index in [9.17, 15) is 38.9 Å². The van der Waals surface area contributed by atoms with E-state index in [2.05, 4.69) is 5.32 Å². The Morgan fingerprint density at radius 3 is 2.25 bits per heavy atom. The Bertz CT molecular complexity index is 1380. The number of non-ortho nitro benzene ring substituents is 1. The highest BCUT2D eigenvalue weighted by atomic mass is 16.6. The molecule has 4 aliphatic heterocycles. The van der Waals surface area contributed by atoms with E-state index < -0.39 is 70.2 Å². The van der Waals surface area contributed by atoms with Crippen LogP contribution in [0.15, 0.2) is 41.6 Å². The minimum absolute atomic E-state index is 0.0842. The van der Waals surface area contributed by atoms with Crippen molar-refractivity contribution in [2.75, 3.05) is 14.2 Å². The van der Waals surface area contributed by atoms with Crippen LogP contribution in [0.4, 0.5) is 5.69 Å². The van der Waals surface area contributed by atoms with Crippen LogP contribution in [-0.4, -0.2) is 76.7 Å². The van der Waals surface area contributed by atoms with E-state index in [0.29, 0.717) is 0 Å². The molecule has 2 fully saturated rings. The Morgan fingerprint density at radius 2 is 1.64 bits per heavy atom. The highest BCUT2D eigenvalue weighted by Gasteiger charge is 2.66. The molecule has 0 saturated carbocycles. The van der Waals surface area contributed by atoms with Crippen molar-refractivity contribution < 1.29 is 43.2 Å². The van der Waals surface area contributed by atoms with Crippen LogP contribution in [0.3, 0.4) is 0 Å². The quantitative estimate of drug-likeness (QED) is 0.185. The average molecular weight is 496 g/mol. The monoisotopic (exact) mass is 496 g/mol. The number of carbonyl (C=O) groups excluding carboxylic acids is 6. The van der Waals surface area contributed by atoms with E-state index in [0.717, 1.165) is 37.3 Å². The van der Waals surface area contributed by atoms with Gasteiger partial charge in [0.2, 0.25) is 0 Å². The molecule has 0 radical (unpaired) electrons. The van der Waals surface area contributed by atoms with Gasteiger partial charge in [0, 0.05) is 24.8 Å².